The topological polar surface area (TPSA) is 91.0 Å². The Hall–Kier alpha value is -2.90. The van der Waals surface area contributed by atoms with Crippen molar-refractivity contribution in [3.63, 3.8) is 0 Å². The van der Waals surface area contributed by atoms with Gasteiger partial charge in [0.1, 0.15) is 23.3 Å². The highest BCUT2D eigenvalue weighted by atomic mass is 19.1. The van der Waals surface area contributed by atoms with Crippen LogP contribution >= 0.6 is 0 Å². The highest BCUT2D eigenvalue weighted by Gasteiger charge is 2.03. The number of hydrogen-bond acceptors (Lipinski definition) is 5. The molecule has 0 aliphatic carbocycles. The van der Waals surface area contributed by atoms with Gasteiger partial charge in [0, 0.05) is 31.4 Å². The lowest BCUT2D eigenvalue weighted by Gasteiger charge is -2.10. The van der Waals surface area contributed by atoms with E-state index >= 15 is 0 Å². The van der Waals surface area contributed by atoms with Crippen LogP contribution in [0.2, 0.25) is 0 Å². The lowest BCUT2D eigenvalue weighted by molar-refractivity contribution is 0.252. The molecule has 8 heteroatoms. The zero-order valence-corrected chi connectivity index (χ0v) is 13.7. The predicted molar refractivity (Wildman–Crippen MR) is 92.8 cm³/mol. The Morgan fingerprint density at radius 1 is 1.12 bits per heavy atom. The van der Waals surface area contributed by atoms with Gasteiger partial charge < -0.3 is 21.3 Å². The van der Waals surface area contributed by atoms with Crippen molar-refractivity contribution in [1.82, 2.24) is 15.3 Å². The number of amides is 2. The molecule has 0 aliphatic heterocycles. The number of anilines is 3. The van der Waals surface area contributed by atoms with Crippen molar-refractivity contribution in [3.05, 3.63) is 42.0 Å². The monoisotopic (exact) mass is 332 g/mol. The molecule has 2 amide bonds. The Bertz CT molecular complexity index is 694. The van der Waals surface area contributed by atoms with Gasteiger partial charge in [0.15, 0.2) is 0 Å². The molecule has 0 spiro atoms. The first-order chi connectivity index (χ1) is 11.6. The maximum atomic E-state index is 13.0. The highest BCUT2D eigenvalue weighted by molar-refractivity contribution is 5.89. The van der Waals surface area contributed by atoms with Crippen molar-refractivity contribution in [2.24, 2.45) is 0 Å². The van der Waals surface area contributed by atoms with Crippen LogP contribution in [0, 0.1) is 12.7 Å². The number of aromatic nitrogens is 2. The summed E-state index contributed by atoms with van der Waals surface area (Å²) in [7, 11) is 0. The van der Waals surface area contributed by atoms with Crippen LogP contribution in [-0.2, 0) is 0 Å². The summed E-state index contributed by atoms with van der Waals surface area (Å²) in [5, 5.41) is 11.5. The summed E-state index contributed by atoms with van der Waals surface area (Å²) in [5.74, 6) is 1.70. The number of urea groups is 1. The summed E-state index contributed by atoms with van der Waals surface area (Å²) >= 11 is 0. The first-order valence-electron chi connectivity index (χ1n) is 7.70. The smallest absolute Gasteiger partial charge is 0.319 e. The number of nitrogens with one attached hydrogen (secondary N) is 4. The van der Waals surface area contributed by atoms with Crippen molar-refractivity contribution in [2.45, 2.75) is 13.8 Å². The van der Waals surface area contributed by atoms with Gasteiger partial charge >= 0.3 is 6.03 Å². The Morgan fingerprint density at radius 2 is 1.88 bits per heavy atom. The molecule has 0 saturated carbocycles. The third-order valence-corrected chi connectivity index (χ3v) is 3.00. The molecule has 0 unspecified atom stereocenters. The zero-order valence-electron chi connectivity index (χ0n) is 13.7. The van der Waals surface area contributed by atoms with Gasteiger partial charge in [0.25, 0.3) is 0 Å². The Balaban J connectivity index is 1.75. The third-order valence-electron chi connectivity index (χ3n) is 3.00. The largest absolute Gasteiger partial charge is 0.370 e. The van der Waals surface area contributed by atoms with Crippen molar-refractivity contribution < 1.29 is 9.18 Å². The van der Waals surface area contributed by atoms with E-state index < -0.39 is 11.8 Å². The molecule has 1 aromatic carbocycles. The van der Waals surface area contributed by atoms with Gasteiger partial charge in [0.05, 0.1) is 0 Å². The van der Waals surface area contributed by atoms with Gasteiger partial charge in [-0.25, -0.2) is 19.2 Å². The van der Waals surface area contributed by atoms with Crippen molar-refractivity contribution in [2.75, 3.05) is 35.6 Å². The fraction of sp³-hybridized carbons (Fsp3) is 0.312. The second-order valence-electron chi connectivity index (χ2n) is 5.03. The second kappa shape index (κ2) is 8.66. The standard InChI is InChI=1S/C16H21FN6O/c1-3-18-14-10-15(22-11(2)21-14)19-7-8-20-16(24)23-13-6-4-5-12(17)9-13/h4-6,9-10H,3,7-8H2,1-2H3,(H2,20,23,24)(H2,18,19,21,22). The van der Waals surface area contributed by atoms with Crippen LogP contribution in [0.1, 0.15) is 12.7 Å². The lowest BCUT2D eigenvalue weighted by Crippen LogP contribution is -2.32. The van der Waals surface area contributed by atoms with Gasteiger partial charge in [-0.1, -0.05) is 6.07 Å². The van der Waals surface area contributed by atoms with E-state index in [0.717, 1.165) is 12.4 Å². The van der Waals surface area contributed by atoms with Gasteiger partial charge in [-0.3, -0.25) is 0 Å². The minimum atomic E-state index is -0.398. The summed E-state index contributed by atoms with van der Waals surface area (Å²) in [6.45, 7) is 5.47. The predicted octanol–water partition coefficient (Wildman–Crippen LogP) is 2.59. The zero-order chi connectivity index (χ0) is 17.4. The first-order valence-corrected chi connectivity index (χ1v) is 7.70. The second-order valence-corrected chi connectivity index (χ2v) is 5.03. The maximum absolute atomic E-state index is 13.0. The van der Waals surface area contributed by atoms with Gasteiger partial charge in [-0.2, -0.15) is 0 Å². The van der Waals surface area contributed by atoms with E-state index in [1.807, 2.05) is 19.9 Å². The minimum absolute atomic E-state index is 0.390. The molecule has 24 heavy (non-hydrogen) atoms. The number of nitrogens with zero attached hydrogens (tertiary/aromatic N) is 2. The van der Waals surface area contributed by atoms with Crippen LogP contribution in [0.3, 0.4) is 0 Å². The summed E-state index contributed by atoms with van der Waals surface area (Å²) in [5.41, 5.74) is 0.405. The van der Waals surface area contributed by atoms with Gasteiger partial charge in [-0.05, 0) is 32.0 Å². The van der Waals surface area contributed by atoms with E-state index in [2.05, 4.69) is 31.2 Å². The van der Waals surface area contributed by atoms with Crippen LogP contribution in [0.25, 0.3) is 0 Å². The molecule has 7 nitrogen and oxygen atoms in total. The van der Waals surface area contributed by atoms with E-state index in [9.17, 15) is 9.18 Å². The normalized spacial score (nSPS) is 10.1. The lowest BCUT2D eigenvalue weighted by atomic mass is 10.3. The molecule has 0 bridgehead atoms. The average molecular weight is 332 g/mol. The number of carbonyl (C=O) groups excluding carboxylic acids is 1. The number of halogens is 1. The Labute approximate surface area is 140 Å². The molecular weight excluding hydrogens is 311 g/mol. The van der Waals surface area contributed by atoms with E-state index in [0.29, 0.717) is 30.4 Å². The maximum Gasteiger partial charge on any atom is 0.319 e. The van der Waals surface area contributed by atoms with Crippen LogP contribution in [0.15, 0.2) is 30.3 Å². The molecule has 2 rings (SSSR count). The molecule has 4 N–H and O–H groups in total. The Morgan fingerprint density at radius 3 is 2.58 bits per heavy atom. The summed E-state index contributed by atoms with van der Waals surface area (Å²) in [4.78, 5) is 20.3. The number of benzene rings is 1. The quantitative estimate of drug-likeness (QED) is 0.585. The molecule has 2 aromatic rings. The molecular formula is C16H21FN6O. The number of carbonyl (C=O) groups is 1. The third kappa shape index (κ3) is 5.71. The van der Waals surface area contributed by atoms with E-state index in [-0.39, 0.29) is 0 Å². The molecule has 1 heterocycles. The minimum Gasteiger partial charge on any atom is -0.370 e. The molecule has 1 aromatic heterocycles. The summed E-state index contributed by atoms with van der Waals surface area (Å²) in [6.07, 6.45) is 0. The van der Waals surface area contributed by atoms with Crippen molar-refractivity contribution in [1.29, 1.82) is 0 Å². The molecule has 0 aliphatic rings. The molecule has 0 atom stereocenters. The average Bonchev–Trinajstić information content (AvgIpc) is 2.51. The molecule has 0 radical (unpaired) electrons. The number of rotatable bonds is 7. The summed E-state index contributed by atoms with van der Waals surface area (Å²) < 4.78 is 13.0. The van der Waals surface area contributed by atoms with Crippen LogP contribution < -0.4 is 21.3 Å². The van der Waals surface area contributed by atoms with Crippen LogP contribution in [0.5, 0.6) is 0 Å². The summed E-state index contributed by atoms with van der Waals surface area (Å²) in [6, 6.07) is 7.14. The fourth-order valence-electron chi connectivity index (χ4n) is 2.04. The van der Waals surface area contributed by atoms with E-state index in [4.69, 9.17) is 0 Å². The first kappa shape index (κ1) is 17.5. The van der Waals surface area contributed by atoms with E-state index in [1.54, 1.807) is 6.07 Å². The number of aryl methyl sites for hydroxylation is 1. The van der Waals surface area contributed by atoms with Crippen LogP contribution in [0.4, 0.5) is 26.5 Å². The van der Waals surface area contributed by atoms with Gasteiger partial charge in [0.2, 0.25) is 0 Å². The van der Waals surface area contributed by atoms with Crippen LogP contribution in [-0.4, -0.2) is 35.6 Å². The molecule has 0 fully saturated rings. The Kier molecular flexibility index (Phi) is 6.30. The molecule has 0 saturated heterocycles. The van der Waals surface area contributed by atoms with Crippen molar-refractivity contribution in [3.8, 4) is 0 Å². The van der Waals surface area contributed by atoms with E-state index in [1.165, 1.54) is 18.2 Å². The highest BCUT2D eigenvalue weighted by Crippen LogP contribution is 2.10. The van der Waals surface area contributed by atoms with Crippen molar-refractivity contribution >= 4 is 23.4 Å². The fourth-order valence-corrected chi connectivity index (χ4v) is 2.04. The van der Waals surface area contributed by atoms with Gasteiger partial charge in [-0.15, -0.1) is 0 Å². The number of hydrogen-bond donors (Lipinski definition) is 4. The SMILES string of the molecule is CCNc1cc(NCCNC(=O)Nc2cccc(F)c2)nc(C)n1. The molecule has 128 valence electrons.